The summed E-state index contributed by atoms with van der Waals surface area (Å²) in [6, 6.07) is 0.776. The van der Waals surface area contributed by atoms with Gasteiger partial charge in [0, 0.05) is 36.6 Å². The van der Waals surface area contributed by atoms with Gasteiger partial charge in [-0.1, -0.05) is 20.3 Å². The van der Waals surface area contributed by atoms with E-state index < -0.39 is 0 Å². The van der Waals surface area contributed by atoms with Crippen LogP contribution in [0.2, 0.25) is 0 Å². The summed E-state index contributed by atoms with van der Waals surface area (Å²) in [5.74, 6) is 2.48. The van der Waals surface area contributed by atoms with E-state index in [1.807, 2.05) is 11.8 Å². The molecule has 1 aliphatic carbocycles. The highest BCUT2D eigenvalue weighted by atomic mass is 32.2. The molecule has 1 saturated carbocycles. The summed E-state index contributed by atoms with van der Waals surface area (Å²) in [6.07, 6.45) is 5.47. The van der Waals surface area contributed by atoms with E-state index in [1.54, 1.807) is 0 Å². The first-order valence-corrected chi connectivity index (χ1v) is 8.31. The summed E-state index contributed by atoms with van der Waals surface area (Å²) in [7, 11) is 0. The molecule has 2 N–H and O–H groups in total. The summed E-state index contributed by atoms with van der Waals surface area (Å²) >= 11 is 1.95. The van der Waals surface area contributed by atoms with Crippen LogP contribution in [-0.4, -0.2) is 36.0 Å². The molecule has 1 amide bonds. The number of rotatable bonds is 3. The Morgan fingerprint density at radius 1 is 1.50 bits per heavy atom. The van der Waals surface area contributed by atoms with Crippen LogP contribution in [0.3, 0.4) is 0 Å². The molecule has 0 radical (unpaired) electrons. The van der Waals surface area contributed by atoms with E-state index in [2.05, 4.69) is 24.5 Å². The molecule has 104 valence electrons. The van der Waals surface area contributed by atoms with E-state index in [-0.39, 0.29) is 5.91 Å². The highest BCUT2D eigenvalue weighted by Gasteiger charge is 2.29. The minimum absolute atomic E-state index is 0.234. The first-order valence-electron chi connectivity index (χ1n) is 7.16. The minimum Gasteiger partial charge on any atom is -0.353 e. The lowest BCUT2D eigenvalue weighted by atomic mass is 9.75. The monoisotopic (exact) mass is 270 g/mol. The maximum absolute atomic E-state index is 12.0. The lowest BCUT2D eigenvalue weighted by Crippen LogP contribution is -2.45. The largest absolute Gasteiger partial charge is 0.353 e. The van der Waals surface area contributed by atoms with Crippen molar-refractivity contribution in [2.45, 2.75) is 58.0 Å². The van der Waals surface area contributed by atoms with Crippen molar-refractivity contribution in [2.75, 3.05) is 18.1 Å². The van der Waals surface area contributed by atoms with Crippen molar-refractivity contribution in [1.29, 1.82) is 0 Å². The van der Waals surface area contributed by atoms with Crippen molar-refractivity contribution in [1.82, 2.24) is 10.6 Å². The van der Waals surface area contributed by atoms with Gasteiger partial charge < -0.3 is 10.6 Å². The van der Waals surface area contributed by atoms with Crippen LogP contribution in [0.4, 0.5) is 0 Å². The number of carbonyl (C=O) groups excluding carboxylic acids is 1. The van der Waals surface area contributed by atoms with Gasteiger partial charge in [0.15, 0.2) is 0 Å². The standard InChI is InChI=1S/C14H26N2OS/c1-14(2)5-3-4-11(9-14)16-13(17)8-12-10-18-7-6-15-12/h11-12,15H,3-10H2,1-2H3,(H,16,17). The number of hydrogen-bond acceptors (Lipinski definition) is 3. The molecular formula is C14H26N2OS. The normalized spacial score (nSPS) is 31.9. The van der Waals surface area contributed by atoms with Crippen molar-refractivity contribution in [3.8, 4) is 0 Å². The van der Waals surface area contributed by atoms with Gasteiger partial charge in [-0.15, -0.1) is 0 Å². The maximum Gasteiger partial charge on any atom is 0.221 e. The average molecular weight is 270 g/mol. The molecular weight excluding hydrogens is 244 g/mol. The Morgan fingerprint density at radius 2 is 2.33 bits per heavy atom. The van der Waals surface area contributed by atoms with E-state index in [1.165, 1.54) is 18.6 Å². The molecule has 0 aromatic heterocycles. The predicted molar refractivity (Wildman–Crippen MR) is 77.9 cm³/mol. The number of hydrogen-bond donors (Lipinski definition) is 2. The Bertz CT molecular complexity index is 288. The van der Waals surface area contributed by atoms with Crippen LogP contribution < -0.4 is 10.6 Å². The Balaban J connectivity index is 1.73. The van der Waals surface area contributed by atoms with Crippen LogP contribution >= 0.6 is 11.8 Å². The van der Waals surface area contributed by atoms with Gasteiger partial charge in [-0.05, 0) is 24.7 Å². The van der Waals surface area contributed by atoms with Crippen molar-refractivity contribution in [2.24, 2.45) is 5.41 Å². The quantitative estimate of drug-likeness (QED) is 0.826. The fraction of sp³-hybridized carbons (Fsp3) is 0.929. The first kappa shape index (κ1) is 14.2. The topological polar surface area (TPSA) is 41.1 Å². The fourth-order valence-electron chi connectivity index (χ4n) is 3.08. The predicted octanol–water partition coefficient (Wildman–Crippen LogP) is 2.17. The van der Waals surface area contributed by atoms with Gasteiger partial charge in [0.05, 0.1) is 0 Å². The fourth-order valence-corrected chi connectivity index (χ4v) is 4.03. The summed E-state index contributed by atoms with van der Waals surface area (Å²) < 4.78 is 0. The third-order valence-electron chi connectivity index (χ3n) is 4.00. The molecule has 1 heterocycles. The third-order valence-corrected chi connectivity index (χ3v) is 5.13. The molecule has 2 unspecified atom stereocenters. The second-order valence-electron chi connectivity index (χ2n) is 6.46. The van der Waals surface area contributed by atoms with Gasteiger partial charge in [0.1, 0.15) is 0 Å². The lowest BCUT2D eigenvalue weighted by molar-refractivity contribution is -0.122. The molecule has 18 heavy (non-hydrogen) atoms. The number of carbonyl (C=O) groups is 1. The van der Waals surface area contributed by atoms with E-state index in [9.17, 15) is 4.79 Å². The van der Waals surface area contributed by atoms with Gasteiger partial charge in [-0.2, -0.15) is 11.8 Å². The summed E-state index contributed by atoms with van der Waals surface area (Å²) in [5, 5.41) is 6.66. The van der Waals surface area contributed by atoms with Gasteiger partial charge in [-0.25, -0.2) is 0 Å². The molecule has 0 aromatic rings. The van der Waals surface area contributed by atoms with Crippen molar-refractivity contribution in [3.63, 3.8) is 0 Å². The molecule has 3 nitrogen and oxygen atoms in total. The van der Waals surface area contributed by atoms with E-state index in [0.717, 1.165) is 25.1 Å². The van der Waals surface area contributed by atoms with E-state index in [0.29, 0.717) is 23.9 Å². The lowest BCUT2D eigenvalue weighted by Gasteiger charge is -2.35. The van der Waals surface area contributed by atoms with Crippen LogP contribution in [0.1, 0.15) is 46.0 Å². The highest BCUT2D eigenvalue weighted by molar-refractivity contribution is 7.99. The van der Waals surface area contributed by atoms with Gasteiger partial charge >= 0.3 is 0 Å². The summed E-state index contributed by atoms with van der Waals surface area (Å²) in [6.45, 7) is 5.66. The van der Waals surface area contributed by atoms with Gasteiger partial charge in [-0.3, -0.25) is 4.79 Å². The SMILES string of the molecule is CC1(C)CCCC(NC(=O)CC2CSCCN2)C1. The minimum atomic E-state index is 0.234. The molecule has 2 fully saturated rings. The zero-order chi connectivity index (χ0) is 13.0. The Morgan fingerprint density at radius 3 is 3.00 bits per heavy atom. The summed E-state index contributed by atoms with van der Waals surface area (Å²) in [5.41, 5.74) is 0.398. The molecule has 0 aromatic carbocycles. The zero-order valence-electron chi connectivity index (χ0n) is 11.6. The first-order chi connectivity index (χ1) is 8.55. The van der Waals surface area contributed by atoms with Gasteiger partial charge in [0.2, 0.25) is 5.91 Å². The molecule has 0 bridgehead atoms. The molecule has 4 heteroatoms. The number of amides is 1. The molecule has 0 spiro atoms. The second kappa shape index (κ2) is 6.29. The van der Waals surface area contributed by atoms with Crippen molar-refractivity contribution >= 4 is 17.7 Å². The van der Waals surface area contributed by atoms with E-state index >= 15 is 0 Å². The van der Waals surface area contributed by atoms with Gasteiger partial charge in [0.25, 0.3) is 0 Å². The maximum atomic E-state index is 12.0. The van der Waals surface area contributed by atoms with Crippen LogP contribution in [0.25, 0.3) is 0 Å². The highest BCUT2D eigenvalue weighted by Crippen LogP contribution is 2.35. The van der Waals surface area contributed by atoms with Crippen molar-refractivity contribution < 1.29 is 4.79 Å². The average Bonchev–Trinajstić information content (AvgIpc) is 2.28. The van der Waals surface area contributed by atoms with Crippen LogP contribution in [-0.2, 0) is 4.79 Å². The third kappa shape index (κ3) is 4.47. The zero-order valence-corrected chi connectivity index (χ0v) is 12.4. The number of nitrogens with one attached hydrogen (secondary N) is 2. The molecule has 2 rings (SSSR count). The molecule has 2 aliphatic rings. The number of thioether (sulfide) groups is 1. The Labute approximate surface area is 115 Å². The smallest absolute Gasteiger partial charge is 0.221 e. The van der Waals surface area contributed by atoms with Crippen molar-refractivity contribution in [3.05, 3.63) is 0 Å². The summed E-state index contributed by atoms with van der Waals surface area (Å²) in [4.78, 5) is 12.0. The van der Waals surface area contributed by atoms with Crippen LogP contribution in [0, 0.1) is 5.41 Å². The Hall–Kier alpha value is -0.220. The molecule has 1 aliphatic heterocycles. The molecule has 2 atom stereocenters. The van der Waals surface area contributed by atoms with Crippen LogP contribution in [0.5, 0.6) is 0 Å². The van der Waals surface area contributed by atoms with Crippen LogP contribution in [0.15, 0.2) is 0 Å². The Kier molecular flexibility index (Phi) is 4.96. The molecule has 1 saturated heterocycles. The second-order valence-corrected chi connectivity index (χ2v) is 7.60. The van der Waals surface area contributed by atoms with E-state index in [4.69, 9.17) is 0 Å².